The van der Waals surface area contributed by atoms with Crippen LogP contribution in [0.25, 0.3) is 0 Å². The van der Waals surface area contributed by atoms with E-state index < -0.39 is 10.0 Å². The highest BCUT2D eigenvalue weighted by Gasteiger charge is 2.39. The molecule has 1 unspecified atom stereocenters. The Morgan fingerprint density at radius 3 is 2.60 bits per heavy atom. The standard InChI is InChI=1S/C12H20N2O4S2/c1-8-11(19-12(15)13-8)20(16,17)14(6-7-18-3)9(2)10-4-5-10/h9-10H,4-7H2,1-3H3,(H,13,15). The Bertz CT molecular complexity index is 616. The van der Waals surface area contributed by atoms with Gasteiger partial charge in [-0.3, -0.25) is 4.79 Å². The maximum atomic E-state index is 12.8. The lowest BCUT2D eigenvalue weighted by atomic mass is 10.2. The molecular formula is C12H20N2O4S2. The van der Waals surface area contributed by atoms with Crippen molar-refractivity contribution in [3.8, 4) is 0 Å². The fourth-order valence-corrected chi connectivity index (χ4v) is 5.37. The molecule has 114 valence electrons. The number of aryl methyl sites for hydroxylation is 1. The number of aromatic amines is 1. The lowest BCUT2D eigenvalue weighted by Crippen LogP contribution is -2.41. The molecule has 0 radical (unpaired) electrons. The molecule has 0 aliphatic heterocycles. The van der Waals surface area contributed by atoms with Gasteiger partial charge in [0.15, 0.2) is 4.21 Å². The SMILES string of the molecule is COCCN(C(C)C1CC1)S(=O)(=O)c1sc(=O)[nH]c1C. The van der Waals surface area contributed by atoms with E-state index in [4.69, 9.17) is 4.74 Å². The van der Waals surface area contributed by atoms with Gasteiger partial charge in [-0.2, -0.15) is 4.31 Å². The first-order valence-electron chi connectivity index (χ1n) is 6.58. The minimum atomic E-state index is -3.65. The van der Waals surface area contributed by atoms with Crippen molar-refractivity contribution < 1.29 is 13.2 Å². The number of thiazole rings is 1. The van der Waals surface area contributed by atoms with Crippen molar-refractivity contribution >= 4 is 21.4 Å². The third-order valence-electron chi connectivity index (χ3n) is 3.60. The van der Waals surface area contributed by atoms with E-state index in [0.29, 0.717) is 24.8 Å². The molecule has 1 N–H and O–H groups in total. The maximum Gasteiger partial charge on any atom is 0.305 e. The van der Waals surface area contributed by atoms with E-state index in [1.54, 1.807) is 14.0 Å². The zero-order chi connectivity index (χ0) is 14.9. The first-order valence-corrected chi connectivity index (χ1v) is 8.84. The van der Waals surface area contributed by atoms with Gasteiger partial charge in [0.2, 0.25) is 0 Å². The Balaban J connectivity index is 2.34. The first-order chi connectivity index (χ1) is 9.37. The third-order valence-corrected chi connectivity index (χ3v) is 7.17. The fraction of sp³-hybridized carbons (Fsp3) is 0.750. The van der Waals surface area contributed by atoms with Crippen molar-refractivity contribution in [3.63, 3.8) is 0 Å². The second-order valence-corrected chi connectivity index (χ2v) is 8.18. The van der Waals surface area contributed by atoms with Crippen LogP contribution in [0.4, 0.5) is 0 Å². The molecule has 0 saturated heterocycles. The molecule has 1 atom stereocenters. The summed E-state index contributed by atoms with van der Waals surface area (Å²) in [4.78, 5) is 13.6. The number of nitrogens with zero attached hydrogens (tertiary/aromatic N) is 1. The van der Waals surface area contributed by atoms with Crippen molar-refractivity contribution in [1.29, 1.82) is 0 Å². The van der Waals surface area contributed by atoms with Crippen molar-refractivity contribution in [2.24, 2.45) is 5.92 Å². The summed E-state index contributed by atoms with van der Waals surface area (Å²) in [6.07, 6.45) is 2.12. The maximum absolute atomic E-state index is 12.8. The number of rotatable bonds is 7. The summed E-state index contributed by atoms with van der Waals surface area (Å²) >= 11 is 0.751. The number of hydrogen-bond acceptors (Lipinski definition) is 5. The van der Waals surface area contributed by atoms with Crippen LogP contribution in [0, 0.1) is 12.8 Å². The monoisotopic (exact) mass is 320 g/mol. The van der Waals surface area contributed by atoms with Crippen molar-refractivity contribution in [1.82, 2.24) is 9.29 Å². The molecule has 1 aromatic rings. The van der Waals surface area contributed by atoms with Crippen LogP contribution in [-0.2, 0) is 14.8 Å². The predicted octanol–water partition coefficient (Wildman–Crippen LogP) is 1.18. The Hall–Kier alpha value is -0.700. The molecule has 0 amide bonds. The number of methoxy groups -OCH3 is 1. The van der Waals surface area contributed by atoms with Gasteiger partial charge >= 0.3 is 4.87 Å². The highest BCUT2D eigenvalue weighted by Crippen LogP contribution is 2.37. The van der Waals surface area contributed by atoms with E-state index in [1.165, 1.54) is 4.31 Å². The molecule has 2 rings (SSSR count). The van der Waals surface area contributed by atoms with Crippen LogP contribution < -0.4 is 4.87 Å². The van der Waals surface area contributed by atoms with Crippen molar-refractivity contribution in [3.05, 3.63) is 15.4 Å². The number of hydrogen-bond donors (Lipinski definition) is 1. The zero-order valence-corrected chi connectivity index (χ0v) is 13.5. The Kier molecular flexibility index (Phi) is 4.68. The van der Waals surface area contributed by atoms with Gasteiger partial charge in [-0.05, 0) is 32.6 Å². The van der Waals surface area contributed by atoms with E-state index in [2.05, 4.69) is 4.98 Å². The summed E-state index contributed by atoms with van der Waals surface area (Å²) in [5.74, 6) is 0.414. The zero-order valence-electron chi connectivity index (χ0n) is 11.9. The van der Waals surface area contributed by atoms with Crippen LogP contribution in [-0.4, -0.2) is 44.0 Å². The molecule has 1 heterocycles. The molecule has 1 aromatic heterocycles. The van der Waals surface area contributed by atoms with Crippen LogP contribution >= 0.6 is 11.3 Å². The van der Waals surface area contributed by atoms with Gasteiger partial charge in [-0.25, -0.2) is 8.42 Å². The highest BCUT2D eigenvalue weighted by molar-refractivity contribution is 7.91. The topological polar surface area (TPSA) is 79.5 Å². The van der Waals surface area contributed by atoms with E-state index in [9.17, 15) is 13.2 Å². The lowest BCUT2D eigenvalue weighted by Gasteiger charge is -2.27. The Morgan fingerprint density at radius 2 is 2.15 bits per heavy atom. The summed E-state index contributed by atoms with van der Waals surface area (Å²) in [5, 5.41) is 0. The van der Waals surface area contributed by atoms with Gasteiger partial charge < -0.3 is 9.72 Å². The van der Waals surface area contributed by atoms with Crippen LogP contribution in [0.5, 0.6) is 0 Å². The average molecular weight is 320 g/mol. The van der Waals surface area contributed by atoms with Crippen LogP contribution in [0.15, 0.2) is 9.00 Å². The molecule has 1 fully saturated rings. The van der Waals surface area contributed by atoms with Gasteiger partial charge in [0.25, 0.3) is 10.0 Å². The number of aromatic nitrogens is 1. The molecule has 1 aliphatic carbocycles. The quantitative estimate of drug-likeness (QED) is 0.818. The molecule has 1 saturated carbocycles. The molecular weight excluding hydrogens is 300 g/mol. The predicted molar refractivity (Wildman–Crippen MR) is 77.6 cm³/mol. The van der Waals surface area contributed by atoms with Gasteiger partial charge in [0.1, 0.15) is 0 Å². The van der Waals surface area contributed by atoms with Crippen molar-refractivity contribution in [2.45, 2.75) is 36.9 Å². The van der Waals surface area contributed by atoms with E-state index >= 15 is 0 Å². The van der Waals surface area contributed by atoms with Crippen LogP contribution in [0.3, 0.4) is 0 Å². The smallest absolute Gasteiger partial charge is 0.305 e. The van der Waals surface area contributed by atoms with Gasteiger partial charge in [0, 0.05) is 25.4 Å². The first kappa shape index (κ1) is 15.7. The summed E-state index contributed by atoms with van der Waals surface area (Å²) < 4.78 is 32.1. The van der Waals surface area contributed by atoms with Crippen LogP contribution in [0.2, 0.25) is 0 Å². The highest BCUT2D eigenvalue weighted by atomic mass is 32.2. The normalized spacial score (nSPS) is 17.6. The minimum absolute atomic E-state index is 0.0632. The number of H-pyrrole nitrogens is 1. The number of nitrogens with one attached hydrogen (secondary N) is 1. The van der Waals surface area contributed by atoms with Gasteiger partial charge in [-0.1, -0.05) is 11.3 Å². The molecule has 0 aromatic carbocycles. The van der Waals surface area contributed by atoms with Gasteiger partial charge in [-0.15, -0.1) is 0 Å². The summed E-state index contributed by atoms with van der Waals surface area (Å²) in [6.45, 7) is 4.19. The summed E-state index contributed by atoms with van der Waals surface area (Å²) in [6, 6.07) is -0.0632. The van der Waals surface area contributed by atoms with E-state index in [0.717, 1.165) is 24.2 Å². The molecule has 6 nitrogen and oxygen atoms in total. The Morgan fingerprint density at radius 1 is 1.50 bits per heavy atom. The van der Waals surface area contributed by atoms with E-state index in [1.807, 2.05) is 6.92 Å². The van der Waals surface area contributed by atoms with Gasteiger partial charge in [0.05, 0.1) is 6.61 Å². The van der Waals surface area contributed by atoms with Crippen LogP contribution in [0.1, 0.15) is 25.5 Å². The third kappa shape index (κ3) is 3.13. The second kappa shape index (κ2) is 5.97. The molecule has 0 bridgehead atoms. The lowest BCUT2D eigenvalue weighted by molar-refractivity contribution is 0.164. The minimum Gasteiger partial charge on any atom is -0.383 e. The largest absolute Gasteiger partial charge is 0.383 e. The second-order valence-electron chi connectivity index (χ2n) is 5.11. The summed E-state index contributed by atoms with van der Waals surface area (Å²) in [5.41, 5.74) is 0.408. The molecule has 1 aliphatic rings. The number of ether oxygens (including phenoxy) is 1. The Labute approximate surface area is 122 Å². The fourth-order valence-electron chi connectivity index (χ4n) is 2.28. The number of sulfonamides is 1. The van der Waals surface area contributed by atoms with E-state index in [-0.39, 0.29) is 15.1 Å². The summed E-state index contributed by atoms with van der Waals surface area (Å²) in [7, 11) is -2.10. The molecule has 20 heavy (non-hydrogen) atoms. The van der Waals surface area contributed by atoms with Crippen molar-refractivity contribution in [2.75, 3.05) is 20.3 Å². The average Bonchev–Trinajstić information content (AvgIpc) is 3.15. The molecule has 8 heteroatoms. The molecule has 0 spiro atoms.